The van der Waals surface area contributed by atoms with Crippen molar-refractivity contribution >= 4 is 5.91 Å². The van der Waals surface area contributed by atoms with Crippen molar-refractivity contribution in [2.45, 2.75) is 26.3 Å². The molecule has 1 aromatic carbocycles. The number of pyridine rings is 1. The van der Waals surface area contributed by atoms with Crippen LogP contribution in [-0.4, -0.2) is 32.8 Å². The Balaban J connectivity index is 1.80. The van der Waals surface area contributed by atoms with Gasteiger partial charge in [0.15, 0.2) is 0 Å². The molecule has 0 fully saturated rings. The lowest BCUT2D eigenvalue weighted by Gasteiger charge is -2.25. The van der Waals surface area contributed by atoms with Crippen molar-refractivity contribution in [3.8, 4) is 11.4 Å². The number of aromatic nitrogens is 3. The molecule has 2 heterocycles. The second-order valence-electron chi connectivity index (χ2n) is 6.62. The number of aryl methyl sites for hydroxylation is 1. The third kappa shape index (κ3) is 4.14. The van der Waals surface area contributed by atoms with E-state index in [1.165, 1.54) is 12.1 Å². The molecule has 28 heavy (non-hydrogen) atoms. The van der Waals surface area contributed by atoms with Crippen LogP contribution in [0.1, 0.15) is 29.8 Å². The molecule has 0 saturated heterocycles. The first-order valence-electron chi connectivity index (χ1n) is 8.88. The Kier molecular flexibility index (Phi) is 5.63. The highest BCUT2D eigenvalue weighted by molar-refractivity contribution is 5.79. The highest BCUT2D eigenvalue weighted by atomic mass is 19.1. The summed E-state index contributed by atoms with van der Waals surface area (Å²) in [7, 11) is 1.67. The largest absolute Gasteiger partial charge is 0.339 e. The number of carbonyl (C=O) groups is 1. The third-order valence-corrected chi connectivity index (χ3v) is 4.83. The number of hydrogen-bond acceptors (Lipinski definition) is 4. The van der Waals surface area contributed by atoms with Gasteiger partial charge in [0, 0.05) is 36.3 Å². The number of rotatable bonds is 5. The molecule has 6 nitrogen and oxygen atoms in total. The highest BCUT2D eigenvalue weighted by Crippen LogP contribution is 2.20. The molecule has 1 atom stereocenters. The summed E-state index contributed by atoms with van der Waals surface area (Å²) in [6.45, 7) is 3.57. The van der Waals surface area contributed by atoms with Gasteiger partial charge in [-0.15, -0.1) is 0 Å². The summed E-state index contributed by atoms with van der Waals surface area (Å²) in [4.78, 5) is 37.9. The Bertz CT molecular complexity index is 1030. The van der Waals surface area contributed by atoms with E-state index in [-0.39, 0.29) is 29.7 Å². The first-order chi connectivity index (χ1) is 13.4. The second-order valence-corrected chi connectivity index (χ2v) is 6.62. The highest BCUT2D eigenvalue weighted by Gasteiger charge is 2.20. The van der Waals surface area contributed by atoms with E-state index in [9.17, 15) is 14.0 Å². The molecule has 0 aliphatic heterocycles. The number of nitrogens with one attached hydrogen (secondary N) is 1. The molecule has 0 radical (unpaired) electrons. The van der Waals surface area contributed by atoms with E-state index < -0.39 is 0 Å². The number of likely N-dealkylation sites (N-methyl/N-ethyl adjacent to an activating group) is 1. The van der Waals surface area contributed by atoms with E-state index in [1.54, 1.807) is 55.5 Å². The normalized spacial score (nSPS) is 11.9. The monoisotopic (exact) mass is 380 g/mol. The molecule has 0 saturated carbocycles. The molecular formula is C21H21FN4O2. The molecule has 144 valence electrons. The molecule has 1 unspecified atom stereocenters. The van der Waals surface area contributed by atoms with Crippen LogP contribution in [0.25, 0.3) is 11.4 Å². The summed E-state index contributed by atoms with van der Waals surface area (Å²) < 4.78 is 13.1. The Hall–Kier alpha value is -3.35. The van der Waals surface area contributed by atoms with Crippen molar-refractivity contribution in [3.63, 3.8) is 0 Å². The maximum absolute atomic E-state index is 13.1. The van der Waals surface area contributed by atoms with Gasteiger partial charge in [-0.3, -0.25) is 14.6 Å². The summed E-state index contributed by atoms with van der Waals surface area (Å²) >= 11 is 0. The molecule has 3 rings (SSSR count). The Morgan fingerprint density at radius 1 is 1.18 bits per heavy atom. The van der Waals surface area contributed by atoms with Gasteiger partial charge in [-0.05, 0) is 43.7 Å². The molecule has 3 aromatic rings. The quantitative estimate of drug-likeness (QED) is 0.738. The summed E-state index contributed by atoms with van der Waals surface area (Å²) in [5, 5.41) is 0. The van der Waals surface area contributed by atoms with Gasteiger partial charge in [0.25, 0.3) is 5.56 Å². The van der Waals surface area contributed by atoms with Gasteiger partial charge in [0.05, 0.1) is 12.5 Å². The second kappa shape index (κ2) is 8.12. The van der Waals surface area contributed by atoms with Crippen LogP contribution in [0, 0.1) is 12.7 Å². The minimum absolute atomic E-state index is 0.0627. The van der Waals surface area contributed by atoms with Gasteiger partial charge in [0.1, 0.15) is 11.6 Å². The standard InChI is InChI=1S/C21H21FN4O2/c1-13-18(21(28)25-20(24-13)16-8-10-23-11-9-16)12-19(27)26(3)14(2)15-4-6-17(22)7-5-15/h4-11,14H,12H2,1-3H3,(H,24,25,28). The number of nitrogens with zero attached hydrogens (tertiary/aromatic N) is 3. The molecule has 7 heteroatoms. The zero-order valence-electron chi connectivity index (χ0n) is 15.9. The molecule has 0 aliphatic carbocycles. The summed E-state index contributed by atoms with van der Waals surface area (Å²) in [6, 6.07) is 9.26. The number of hydrogen-bond donors (Lipinski definition) is 1. The van der Waals surface area contributed by atoms with Gasteiger partial charge in [0.2, 0.25) is 5.91 Å². The van der Waals surface area contributed by atoms with Crippen LogP contribution < -0.4 is 5.56 Å². The lowest BCUT2D eigenvalue weighted by Crippen LogP contribution is -2.33. The van der Waals surface area contributed by atoms with Crippen molar-refractivity contribution < 1.29 is 9.18 Å². The van der Waals surface area contributed by atoms with Crippen molar-refractivity contribution in [2.75, 3.05) is 7.05 Å². The summed E-state index contributed by atoms with van der Waals surface area (Å²) in [5.41, 5.74) is 2.06. The van der Waals surface area contributed by atoms with E-state index in [0.717, 1.165) is 11.1 Å². The fourth-order valence-corrected chi connectivity index (χ4v) is 2.92. The van der Waals surface area contributed by atoms with Crippen molar-refractivity contribution in [3.05, 3.63) is 81.8 Å². The lowest BCUT2D eigenvalue weighted by atomic mass is 10.1. The Morgan fingerprint density at radius 3 is 2.43 bits per heavy atom. The molecule has 2 aromatic heterocycles. The molecule has 0 aliphatic rings. The molecule has 0 bridgehead atoms. The smallest absolute Gasteiger partial charge is 0.255 e. The maximum atomic E-state index is 13.1. The van der Waals surface area contributed by atoms with Crippen LogP contribution >= 0.6 is 0 Å². The summed E-state index contributed by atoms with van der Waals surface area (Å²) in [5.74, 6) is -0.106. The van der Waals surface area contributed by atoms with E-state index >= 15 is 0 Å². The number of aromatic amines is 1. The molecule has 0 spiro atoms. The van der Waals surface area contributed by atoms with Crippen LogP contribution in [0.2, 0.25) is 0 Å². The van der Waals surface area contributed by atoms with Gasteiger partial charge in [-0.1, -0.05) is 12.1 Å². The van der Waals surface area contributed by atoms with E-state index in [0.29, 0.717) is 17.1 Å². The van der Waals surface area contributed by atoms with Crippen LogP contribution in [0.15, 0.2) is 53.6 Å². The number of halogens is 1. The van der Waals surface area contributed by atoms with E-state index in [4.69, 9.17) is 0 Å². The molecule has 1 amide bonds. The van der Waals surface area contributed by atoms with Gasteiger partial charge >= 0.3 is 0 Å². The maximum Gasteiger partial charge on any atom is 0.255 e. The Labute approximate surface area is 162 Å². The first-order valence-corrected chi connectivity index (χ1v) is 8.88. The summed E-state index contributed by atoms with van der Waals surface area (Å²) in [6.07, 6.45) is 3.18. The fraction of sp³-hybridized carbons (Fsp3) is 0.238. The average Bonchev–Trinajstić information content (AvgIpc) is 2.70. The lowest BCUT2D eigenvalue weighted by molar-refractivity contribution is -0.131. The van der Waals surface area contributed by atoms with Crippen LogP contribution in [0.5, 0.6) is 0 Å². The van der Waals surface area contributed by atoms with Crippen molar-refractivity contribution in [1.29, 1.82) is 0 Å². The Morgan fingerprint density at radius 2 is 1.82 bits per heavy atom. The van der Waals surface area contributed by atoms with Gasteiger partial charge < -0.3 is 9.88 Å². The van der Waals surface area contributed by atoms with Crippen LogP contribution in [0.4, 0.5) is 4.39 Å². The average molecular weight is 380 g/mol. The molecule has 1 N–H and O–H groups in total. The predicted molar refractivity (Wildman–Crippen MR) is 104 cm³/mol. The number of benzene rings is 1. The number of amides is 1. The zero-order chi connectivity index (χ0) is 20.3. The van der Waals surface area contributed by atoms with E-state index in [1.807, 2.05) is 6.92 Å². The number of carbonyl (C=O) groups excluding carboxylic acids is 1. The topological polar surface area (TPSA) is 79.0 Å². The van der Waals surface area contributed by atoms with E-state index in [2.05, 4.69) is 15.0 Å². The molecular weight excluding hydrogens is 359 g/mol. The third-order valence-electron chi connectivity index (χ3n) is 4.83. The van der Waals surface area contributed by atoms with Crippen molar-refractivity contribution in [1.82, 2.24) is 19.9 Å². The minimum atomic E-state index is -0.338. The van der Waals surface area contributed by atoms with Crippen molar-refractivity contribution in [2.24, 2.45) is 0 Å². The predicted octanol–water partition coefficient (Wildman–Crippen LogP) is 3.04. The van der Waals surface area contributed by atoms with Gasteiger partial charge in [-0.25, -0.2) is 9.37 Å². The first kappa shape index (κ1) is 19.4. The van der Waals surface area contributed by atoms with Crippen LogP contribution in [0.3, 0.4) is 0 Å². The van der Waals surface area contributed by atoms with Gasteiger partial charge in [-0.2, -0.15) is 0 Å². The fourth-order valence-electron chi connectivity index (χ4n) is 2.92. The van der Waals surface area contributed by atoms with Crippen LogP contribution in [-0.2, 0) is 11.2 Å². The zero-order valence-corrected chi connectivity index (χ0v) is 15.9. The minimum Gasteiger partial charge on any atom is -0.339 e. The number of H-pyrrole nitrogens is 1. The SMILES string of the molecule is Cc1nc(-c2ccncc2)[nH]c(=O)c1CC(=O)N(C)C(C)c1ccc(F)cc1.